The van der Waals surface area contributed by atoms with Gasteiger partial charge in [0, 0.05) is 16.2 Å². The molecular weight excluding hydrogens is 298 g/mol. The summed E-state index contributed by atoms with van der Waals surface area (Å²) in [5.74, 6) is -0.370. The van der Waals surface area contributed by atoms with Crippen LogP contribution in [0.15, 0.2) is 21.5 Å². The zero-order valence-electron chi connectivity index (χ0n) is 10.7. The Hall–Kier alpha value is -1.10. The van der Waals surface area contributed by atoms with Gasteiger partial charge in [-0.3, -0.25) is 9.59 Å². The fourth-order valence-electron chi connectivity index (χ4n) is 1.58. The summed E-state index contributed by atoms with van der Waals surface area (Å²) in [4.78, 5) is 23.3. The maximum absolute atomic E-state index is 11.8. The normalized spacial score (nSPS) is 10.4. The maximum atomic E-state index is 11.8. The fourth-order valence-corrected chi connectivity index (χ4v) is 2.17. The number of carbonyl (C=O) groups excluding carboxylic acids is 1. The molecule has 0 aromatic carbocycles. The third-order valence-electron chi connectivity index (χ3n) is 2.54. The van der Waals surface area contributed by atoms with Gasteiger partial charge in [0.15, 0.2) is 0 Å². The molecule has 0 aliphatic heterocycles. The predicted octanol–water partition coefficient (Wildman–Crippen LogP) is 2.65. The van der Waals surface area contributed by atoms with Crippen molar-refractivity contribution in [1.29, 1.82) is 0 Å². The van der Waals surface area contributed by atoms with E-state index in [0.717, 1.165) is 23.7 Å². The lowest BCUT2D eigenvalue weighted by atomic mass is 10.3. The first-order valence-corrected chi connectivity index (χ1v) is 6.86. The first-order valence-electron chi connectivity index (χ1n) is 6.06. The van der Waals surface area contributed by atoms with Crippen LogP contribution in [0.5, 0.6) is 0 Å². The van der Waals surface area contributed by atoms with Crippen molar-refractivity contribution in [2.75, 3.05) is 6.61 Å². The van der Waals surface area contributed by atoms with Crippen LogP contribution in [0.4, 0.5) is 0 Å². The molecule has 0 unspecified atom stereocenters. The molecule has 1 aromatic rings. The van der Waals surface area contributed by atoms with Gasteiger partial charge in [0.05, 0.1) is 6.61 Å². The van der Waals surface area contributed by atoms with E-state index in [1.165, 1.54) is 4.57 Å². The van der Waals surface area contributed by atoms with Gasteiger partial charge in [0.2, 0.25) is 0 Å². The number of nitrogens with zero attached hydrogens (tertiary/aromatic N) is 1. The molecule has 1 heterocycles. The Morgan fingerprint density at radius 3 is 2.83 bits per heavy atom. The van der Waals surface area contributed by atoms with Crippen molar-refractivity contribution in [3.8, 4) is 0 Å². The van der Waals surface area contributed by atoms with Crippen LogP contribution in [0.1, 0.15) is 31.7 Å². The second-order valence-electron chi connectivity index (χ2n) is 4.20. The van der Waals surface area contributed by atoms with E-state index < -0.39 is 0 Å². The van der Waals surface area contributed by atoms with Gasteiger partial charge in [-0.05, 0) is 35.3 Å². The molecular formula is C13H18BrNO3. The zero-order valence-corrected chi connectivity index (χ0v) is 12.3. The quantitative estimate of drug-likeness (QED) is 0.599. The smallest absolute Gasteiger partial charge is 0.326 e. The minimum atomic E-state index is -0.370. The lowest BCUT2D eigenvalue weighted by Crippen LogP contribution is -2.26. The summed E-state index contributed by atoms with van der Waals surface area (Å²) in [6.07, 6.45) is 4.60. The summed E-state index contributed by atoms with van der Waals surface area (Å²) in [6.45, 7) is 4.20. The van der Waals surface area contributed by atoms with Crippen molar-refractivity contribution in [3.63, 3.8) is 0 Å². The van der Waals surface area contributed by atoms with Crippen LogP contribution < -0.4 is 5.56 Å². The number of esters is 1. The minimum absolute atomic E-state index is 0.0365. The molecule has 0 aliphatic rings. The maximum Gasteiger partial charge on any atom is 0.326 e. The van der Waals surface area contributed by atoms with Crippen LogP contribution in [0.25, 0.3) is 0 Å². The number of hydrogen-bond donors (Lipinski definition) is 0. The number of aryl methyl sites for hydroxylation is 1. The Balaban J connectivity index is 2.57. The van der Waals surface area contributed by atoms with Crippen LogP contribution in [0.3, 0.4) is 0 Å². The number of rotatable bonds is 6. The molecule has 0 amide bonds. The standard InChI is InChI=1S/C13H18BrNO3/c1-3-4-5-6-18-12(16)9-15-8-11(14)7-10(2)13(15)17/h7-8H,3-6,9H2,1-2H3. The van der Waals surface area contributed by atoms with E-state index >= 15 is 0 Å². The predicted molar refractivity (Wildman–Crippen MR) is 73.6 cm³/mol. The van der Waals surface area contributed by atoms with Crippen molar-refractivity contribution in [3.05, 3.63) is 32.7 Å². The molecule has 5 heteroatoms. The number of ether oxygens (including phenoxy) is 1. The highest BCUT2D eigenvalue weighted by Gasteiger charge is 2.08. The molecule has 0 bridgehead atoms. The highest BCUT2D eigenvalue weighted by Crippen LogP contribution is 2.08. The molecule has 0 spiro atoms. The molecule has 100 valence electrons. The minimum Gasteiger partial charge on any atom is -0.464 e. The summed E-state index contributed by atoms with van der Waals surface area (Å²) in [7, 11) is 0. The highest BCUT2D eigenvalue weighted by atomic mass is 79.9. The second-order valence-corrected chi connectivity index (χ2v) is 5.12. The molecule has 1 rings (SSSR count). The highest BCUT2D eigenvalue weighted by molar-refractivity contribution is 9.10. The van der Waals surface area contributed by atoms with Crippen molar-refractivity contribution in [2.24, 2.45) is 0 Å². The lowest BCUT2D eigenvalue weighted by Gasteiger charge is -2.08. The Morgan fingerprint density at radius 1 is 1.44 bits per heavy atom. The van der Waals surface area contributed by atoms with E-state index in [1.54, 1.807) is 19.2 Å². The monoisotopic (exact) mass is 315 g/mol. The number of hydrogen-bond acceptors (Lipinski definition) is 3. The van der Waals surface area contributed by atoms with E-state index in [-0.39, 0.29) is 18.1 Å². The first-order chi connectivity index (χ1) is 8.54. The van der Waals surface area contributed by atoms with E-state index in [2.05, 4.69) is 22.9 Å². The SMILES string of the molecule is CCCCCOC(=O)Cn1cc(Br)cc(C)c1=O. The van der Waals surface area contributed by atoms with Crippen LogP contribution >= 0.6 is 15.9 Å². The lowest BCUT2D eigenvalue weighted by molar-refractivity contribution is -0.144. The number of unbranched alkanes of at least 4 members (excludes halogenated alkanes) is 2. The Kier molecular flexibility index (Phi) is 6.12. The van der Waals surface area contributed by atoms with Crippen LogP contribution in [0, 0.1) is 6.92 Å². The molecule has 1 aromatic heterocycles. The average molecular weight is 316 g/mol. The summed E-state index contributed by atoms with van der Waals surface area (Å²) in [5.41, 5.74) is 0.437. The summed E-state index contributed by atoms with van der Waals surface area (Å²) in [5, 5.41) is 0. The van der Waals surface area contributed by atoms with Crippen molar-refractivity contribution >= 4 is 21.9 Å². The number of pyridine rings is 1. The molecule has 18 heavy (non-hydrogen) atoms. The van der Waals surface area contributed by atoms with Gasteiger partial charge in [-0.15, -0.1) is 0 Å². The van der Waals surface area contributed by atoms with Crippen molar-refractivity contribution in [2.45, 2.75) is 39.7 Å². The van der Waals surface area contributed by atoms with Gasteiger partial charge in [-0.1, -0.05) is 19.8 Å². The zero-order chi connectivity index (χ0) is 13.5. The van der Waals surface area contributed by atoms with E-state index in [9.17, 15) is 9.59 Å². The van der Waals surface area contributed by atoms with E-state index in [0.29, 0.717) is 12.2 Å². The van der Waals surface area contributed by atoms with Crippen LogP contribution in [-0.4, -0.2) is 17.1 Å². The van der Waals surface area contributed by atoms with Crippen LogP contribution in [0.2, 0.25) is 0 Å². The molecule has 0 saturated heterocycles. The Labute approximate surface area is 115 Å². The molecule has 0 saturated carbocycles. The molecule has 0 radical (unpaired) electrons. The van der Waals surface area contributed by atoms with Gasteiger partial charge in [0.1, 0.15) is 6.54 Å². The number of aromatic nitrogens is 1. The number of halogens is 1. The van der Waals surface area contributed by atoms with E-state index in [4.69, 9.17) is 4.74 Å². The van der Waals surface area contributed by atoms with Gasteiger partial charge in [0.25, 0.3) is 5.56 Å². The number of carbonyl (C=O) groups is 1. The average Bonchev–Trinajstić information content (AvgIpc) is 2.31. The summed E-state index contributed by atoms with van der Waals surface area (Å²) in [6, 6.07) is 1.73. The Bertz CT molecular complexity index is 468. The topological polar surface area (TPSA) is 48.3 Å². The third kappa shape index (κ3) is 4.64. The molecule has 0 fully saturated rings. The third-order valence-corrected chi connectivity index (χ3v) is 2.98. The van der Waals surface area contributed by atoms with Crippen molar-refractivity contribution in [1.82, 2.24) is 4.57 Å². The van der Waals surface area contributed by atoms with Gasteiger partial charge < -0.3 is 9.30 Å². The second kappa shape index (κ2) is 7.36. The summed E-state index contributed by atoms with van der Waals surface area (Å²) >= 11 is 3.30. The van der Waals surface area contributed by atoms with E-state index in [1.807, 2.05) is 0 Å². The molecule has 4 nitrogen and oxygen atoms in total. The molecule has 0 N–H and O–H groups in total. The first kappa shape index (κ1) is 15.0. The van der Waals surface area contributed by atoms with Gasteiger partial charge in [-0.2, -0.15) is 0 Å². The molecule has 0 atom stereocenters. The van der Waals surface area contributed by atoms with Crippen LogP contribution in [-0.2, 0) is 16.1 Å². The Morgan fingerprint density at radius 2 is 2.17 bits per heavy atom. The molecule has 0 aliphatic carbocycles. The van der Waals surface area contributed by atoms with Gasteiger partial charge >= 0.3 is 5.97 Å². The van der Waals surface area contributed by atoms with Gasteiger partial charge in [-0.25, -0.2) is 0 Å². The largest absolute Gasteiger partial charge is 0.464 e. The fraction of sp³-hybridized carbons (Fsp3) is 0.538. The van der Waals surface area contributed by atoms with Crippen molar-refractivity contribution < 1.29 is 9.53 Å². The summed E-state index contributed by atoms with van der Waals surface area (Å²) < 4.78 is 7.21.